The topological polar surface area (TPSA) is 18.5 Å². The van der Waals surface area contributed by atoms with Crippen LogP contribution in [0.4, 0.5) is 0 Å². The second-order valence-electron chi connectivity index (χ2n) is 5.96. The van der Waals surface area contributed by atoms with Gasteiger partial charge in [-0.1, -0.05) is 46.5 Å². The highest BCUT2D eigenvalue weighted by Crippen LogP contribution is 2.27. The second kappa shape index (κ2) is 6.93. The number of hydrogen-bond acceptors (Lipinski definition) is 2. The van der Waals surface area contributed by atoms with Crippen LogP contribution in [0.5, 0.6) is 0 Å². The molecule has 0 aliphatic carbocycles. The van der Waals surface area contributed by atoms with E-state index in [0.29, 0.717) is 0 Å². The molecule has 0 fully saturated rings. The van der Waals surface area contributed by atoms with Gasteiger partial charge in [0.25, 0.3) is 0 Å². The Balaban J connectivity index is 2.02. The fourth-order valence-corrected chi connectivity index (χ4v) is 2.28. The highest BCUT2D eigenvalue weighted by molar-refractivity contribution is 4.80. The minimum Gasteiger partial charge on any atom is -0.457 e. The molecule has 0 amide bonds. The van der Waals surface area contributed by atoms with Gasteiger partial charge in [0.2, 0.25) is 5.79 Å². The van der Waals surface area contributed by atoms with Gasteiger partial charge in [-0.2, -0.15) is 0 Å². The first-order chi connectivity index (χ1) is 8.02. The summed E-state index contributed by atoms with van der Waals surface area (Å²) in [4.78, 5) is 0. The number of hydrogen-bond donors (Lipinski definition) is 0. The Morgan fingerprint density at radius 3 is 2.12 bits per heavy atom. The molecule has 0 N–H and O–H groups in total. The Bertz CT molecular complexity index is 225. The van der Waals surface area contributed by atoms with E-state index in [9.17, 15) is 0 Å². The van der Waals surface area contributed by atoms with Crippen LogP contribution in [0.2, 0.25) is 0 Å². The summed E-state index contributed by atoms with van der Waals surface area (Å²) in [6.45, 7) is 8.97. The van der Waals surface area contributed by atoms with Gasteiger partial charge >= 0.3 is 0 Å². The smallest absolute Gasteiger partial charge is 0.247 e. The highest BCUT2D eigenvalue weighted by Gasteiger charge is 2.28. The van der Waals surface area contributed by atoms with Crippen molar-refractivity contribution in [2.24, 2.45) is 11.8 Å². The van der Waals surface area contributed by atoms with Crippen molar-refractivity contribution in [1.29, 1.82) is 0 Å². The molecule has 0 bridgehead atoms. The van der Waals surface area contributed by atoms with E-state index in [0.717, 1.165) is 18.3 Å². The predicted molar refractivity (Wildman–Crippen MR) is 71.4 cm³/mol. The average Bonchev–Trinajstić information content (AvgIpc) is 2.65. The summed E-state index contributed by atoms with van der Waals surface area (Å²) in [7, 11) is 0. The Morgan fingerprint density at radius 1 is 0.941 bits per heavy atom. The summed E-state index contributed by atoms with van der Waals surface area (Å²) in [5.41, 5.74) is 0. The summed E-state index contributed by atoms with van der Waals surface area (Å²) in [6, 6.07) is 0. The van der Waals surface area contributed by atoms with Crippen molar-refractivity contribution in [2.75, 3.05) is 0 Å². The van der Waals surface area contributed by atoms with E-state index in [-0.39, 0.29) is 0 Å². The molecule has 17 heavy (non-hydrogen) atoms. The van der Waals surface area contributed by atoms with Gasteiger partial charge in [0.05, 0.1) is 0 Å². The first-order valence-corrected chi connectivity index (χ1v) is 7.02. The van der Waals surface area contributed by atoms with Crippen molar-refractivity contribution in [3.8, 4) is 0 Å². The first-order valence-electron chi connectivity index (χ1n) is 7.02. The van der Waals surface area contributed by atoms with Crippen LogP contribution in [0.1, 0.15) is 66.2 Å². The zero-order valence-corrected chi connectivity index (χ0v) is 11.9. The Kier molecular flexibility index (Phi) is 5.87. The Morgan fingerprint density at radius 2 is 1.53 bits per heavy atom. The summed E-state index contributed by atoms with van der Waals surface area (Å²) < 4.78 is 10.9. The van der Waals surface area contributed by atoms with E-state index < -0.39 is 5.79 Å². The molecule has 0 spiro atoms. The van der Waals surface area contributed by atoms with Crippen LogP contribution in [0, 0.1) is 11.8 Å². The predicted octanol–water partition coefficient (Wildman–Crippen LogP) is 4.85. The van der Waals surface area contributed by atoms with Gasteiger partial charge in [-0.3, -0.25) is 0 Å². The molecule has 1 rings (SSSR count). The normalized spacial score (nSPS) is 19.1. The molecule has 0 aromatic heterocycles. The van der Waals surface area contributed by atoms with E-state index in [2.05, 4.69) is 20.8 Å². The fraction of sp³-hybridized carbons (Fsp3) is 0.867. The molecule has 1 heterocycles. The van der Waals surface area contributed by atoms with Crippen molar-refractivity contribution in [3.63, 3.8) is 0 Å². The van der Waals surface area contributed by atoms with E-state index in [1.54, 1.807) is 12.5 Å². The van der Waals surface area contributed by atoms with Gasteiger partial charge in [-0.25, -0.2) is 0 Å². The number of ether oxygens (including phenoxy) is 2. The largest absolute Gasteiger partial charge is 0.457 e. The van der Waals surface area contributed by atoms with Gasteiger partial charge in [0, 0.05) is 13.3 Å². The second-order valence-corrected chi connectivity index (χ2v) is 5.96. The Hall–Kier alpha value is -0.660. The zero-order valence-electron chi connectivity index (χ0n) is 11.9. The molecule has 0 aromatic rings. The summed E-state index contributed by atoms with van der Waals surface area (Å²) in [5, 5.41) is 0. The van der Waals surface area contributed by atoms with Crippen LogP contribution in [-0.4, -0.2) is 5.79 Å². The number of rotatable bonds is 8. The highest BCUT2D eigenvalue weighted by atomic mass is 16.7. The molecule has 1 atom stereocenters. The van der Waals surface area contributed by atoms with Crippen molar-refractivity contribution in [1.82, 2.24) is 0 Å². The van der Waals surface area contributed by atoms with Crippen molar-refractivity contribution >= 4 is 0 Å². The standard InChI is InChI=1S/C15H28O2/c1-13(2)7-5-8-14(3)9-6-10-15(4)16-11-12-17-15/h11-14H,5-10H2,1-4H3/t14-/m1/s1. The monoisotopic (exact) mass is 240 g/mol. The van der Waals surface area contributed by atoms with Crippen LogP contribution in [-0.2, 0) is 9.47 Å². The molecule has 2 heteroatoms. The van der Waals surface area contributed by atoms with Crippen molar-refractivity contribution in [2.45, 2.75) is 72.0 Å². The van der Waals surface area contributed by atoms with Gasteiger partial charge in [0.1, 0.15) is 12.5 Å². The minimum atomic E-state index is -0.391. The molecule has 100 valence electrons. The lowest BCUT2D eigenvalue weighted by Gasteiger charge is -2.23. The van der Waals surface area contributed by atoms with Crippen molar-refractivity contribution in [3.05, 3.63) is 12.5 Å². The molecule has 0 aromatic carbocycles. The minimum absolute atomic E-state index is 0.391. The van der Waals surface area contributed by atoms with Crippen LogP contribution in [0.3, 0.4) is 0 Å². The van der Waals surface area contributed by atoms with Gasteiger partial charge in [0.15, 0.2) is 0 Å². The molecule has 1 aliphatic rings. The molecular formula is C15H28O2. The Labute approximate surface area is 106 Å². The SMILES string of the molecule is CC(C)CCC[C@@H](C)CCCC1(C)OC=CO1. The van der Waals surface area contributed by atoms with Gasteiger partial charge in [-0.05, 0) is 18.3 Å². The average molecular weight is 240 g/mol. The summed E-state index contributed by atoms with van der Waals surface area (Å²) in [5.74, 6) is 1.27. The van der Waals surface area contributed by atoms with Crippen LogP contribution >= 0.6 is 0 Å². The van der Waals surface area contributed by atoms with Crippen LogP contribution < -0.4 is 0 Å². The molecule has 2 nitrogen and oxygen atoms in total. The summed E-state index contributed by atoms with van der Waals surface area (Å²) in [6.07, 6.45) is 10.8. The third kappa shape index (κ3) is 5.99. The zero-order chi connectivity index (χ0) is 12.7. The molecule has 0 saturated heterocycles. The maximum absolute atomic E-state index is 5.43. The van der Waals surface area contributed by atoms with E-state index in [1.807, 2.05) is 6.92 Å². The van der Waals surface area contributed by atoms with Crippen LogP contribution in [0.25, 0.3) is 0 Å². The maximum atomic E-state index is 5.43. The first kappa shape index (κ1) is 14.4. The quantitative estimate of drug-likeness (QED) is 0.603. The lowest BCUT2D eigenvalue weighted by molar-refractivity contribution is -0.132. The lowest BCUT2D eigenvalue weighted by atomic mass is 9.94. The van der Waals surface area contributed by atoms with Gasteiger partial charge < -0.3 is 9.47 Å². The third-order valence-electron chi connectivity index (χ3n) is 3.50. The van der Waals surface area contributed by atoms with E-state index in [1.165, 1.54) is 32.1 Å². The van der Waals surface area contributed by atoms with Crippen LogP contribution in [0.15, 0.2) is 12.5 Å². The third-order valence-corrected chi connectivity index (χ3v) is 3.50. The molecule has 1 aliphatic heterocycles. The molecular weight excluding hydrogens is 212 g/mol. The fourth-order valence-electron chi connectivity index (χ4n) is 2.28. The molecule has 0 saturated carbocycles. The van der Waals surface area contributed by atoms with Crippen molar-refractivity contribution < 1.29 is 9.47 Å². The molecule has 0 unspecified atom stereocenters. The van der Waals surface area contributed by atoms with E-state index >= 15 is 0 Å². The maximum Gasteiger partial charge on any atom is 0.247 e. The van der Waals surface area contributed by atoms with Gasteiger partial charge in [-0.15, -0.1) is 0 Å². The van der Waals surface area contributed by atoms with E-state index in [4.69, 9.17) is 9.47 Å². The lowest BCUT2D eigenvalue weighted by Crippen LogP contribution is -2.25. The molecule has 0 radical (unpaired) electrons. The summed E-state index contributed by atoms with van der Waals surface area (Å²) >= 11 is 0.